The fourth-order valence-corrected chi connectivity index (χ4v) is 5.51. The van der Waals surface area contributed by atoms with Crippen LogP contribution in [-0.4, -0.2) is 29.0 Å². The molecule has 2 heterocycles. The number of sulfonamides is 1. The van der Waals surface area contributed by atoms with E-state index in [4.69, 9.17) is 23.2 Å². The third-order valence-electron chi connectivity index (χ3n) is 4.06. The molecular formula is C15H17Cl2N3O2S. The van der Waals surface area contributed by atoms with E-state index in [-0.39, 0.29) is 11.8 Å². The van der Waals surface area contributed by atoms with E-state index >= 15 is 0 Å². The summed E-state index contributed by atoms with van der Waals surface area (Å²) in [5.41, 5.74) is 1.37. The van der Waals surface area contributed by atoms with E-state index in [9.17, 15) is 8.42 Å². The predicted octanol–water partition coefficient (Wildman–Crippen LogP) is 3.39. The van der Waals surface area contributed by atoms with Gasteiger partial charge in [-0.25, -0.2) is 8.42 Å². The molecule has 23 heavy (non-hydrogen) atoms. The SMILES string of the molecule is Cn1cc(C2CCCN2S(=O)(=O)Cc2c(Cl)cccc2Cl)cn1. The van der Waals surface area contributed by atoms with E-state index in [1.54, 1.807) is 33.4 Å². The number of rotatable bonds is 4. The highest BCUT2D eigenvalue weighted by Gasteiger charge is 2.36. The minimum atomic E-state index is -3.52. The number of benzene rings is 1. The molecule has 0 spiro atoms. The summed E-state index contributed by atoms with van der Waals surface area (Å²) in [5, 5.41) is 4.89. The van der Waals surface area contributed by atoms with Crippen molar-refractivity contribution in [1.82, 2.24) is 14.1 Å². The highest BCUT2D eigenvalue weighted by atomic mass is 35.5. The van der Waals surface area contributed by atoms with E-state index in [2.05, 4.69) is 5.10 Å². The largest absolute Gasteiger partial charge is 0.275 e. The summed E-state index contributed by atoms with van der Waals surface area (Å²) >= 11 is 12.2. The summed E-state index contributed by atoms with van der Waals surface area (Å²) in [7, 11) is -1.70. The number of aromatic nitrogens is 2. The van der Waals surface area contributed by atoms with E-state index in [1.807, 2.05) is 13.2 Å². The number of hydrogen-bond acceptors (Lipinski definition) is 3. The van der Waals surface area contributed by atoms with Crippen LogP contribution in [0.1, 0.15) is 30.0 Å². The molecule has 1 aromatic carbocycles. The van der Waals surface area contributed by atoms with Crippen LogP contribution in [0.15, 0.2) is 30.6 Å². The molecule has 1 aromatic heterocycles. The first-order chi connectivity index (χ1) is 10.9. The zero-order valence-electron chi connectivity index (χ0n) is 12.6. The molecule has 1 aliphatic rings. The Bertz CT molecular complexity index is 800. The lowest BCUT2D eigenvalue weighted by molar-refractivity contribution is 0.396. The summed E-state index contributed by atoms with van der Waals surface area (Å²) in [4.78, 5) is 0. The second-order valence-electron chi connectivity index (χ2n) is 5.67. The fraction of sp³-hybridized carbons (Fsp3) is 0.400. The monoisotopic (exact) mass is 373 g/mol. The van der Waals surface area contributed by atoms with Crippen LogP contribution in [0.2, 0.25) is 10.0 Å². The predicted molar refractivity (Wildman–Crippen MR) is 91.0 cm³/mol. The van der Waals surface area contributed by atoms with Crippen LogP contribution >= 0.6 is 23.2 Å². The van der Waals surface area contributed by atoms with Crippen LogP contribution in [0, 0.1) is 0 Å². The Labute approximate surface area is 145 Å². The van der Waals surface area contributed by atoms with Crippen molar-refractivity contribution in [3.8, 4) is 0 Å². The smallest absolute Gasteiger partial charge is 0.218 e. The third kappa shape index (κ3) is 3.40. The maximum Gasteiger partial charge on any atom is 0.218 e. The molecule has 3 rings (SSSR count). The minimum Gasteiger partial charge on any atom is -0.275 e. The van der Waals surface area contributed by atoms with Gasteiger partial charge in [0.25, 0.3) is 0 Å². The van der Waals surface area contributed by atoms with E-state index in [1.165, 1.54) is 0 Å². The lowest BCUT2D eigenvalue weighted by atomic mass is 10.1. The Morgan fingerprint density at radius 1 is 1.30 bits per heavy atom. The number of hydrogen-bond donors (Lipinski definition) is 0. The normalized spacial score (nSPS) is 19.3. The van der Waals surface area contributed by atoms with Crippen LogP contribution in [0.4, 0.5) is 0 Å². The van der Waals surface area contributed by atoms with E-state index in [0.29, 0.717) is 22.2 Å². The van der Waals surface area contributed by atoms with Gasteiger partial charge in [-0.1, -0.05) is 29.3 Å². The van der Waals surface area contributed by atoms with Crippen LogP contribution in [0.25, 0.3) is 0 Å². The molecule has 1 aliphatic heterocycles. The second-order valence-corrected chi connectivity index (χ2v) is 8.41. The zero-order valence-corrected chi connectivity index (χ0v) is 14.9. The van der Waals surface area contributed by atoms with Gasteiger partial charge in [0, 0.05) is 41.0 Å². The first-order valence-corrected chi connectivity index (χ1v) is 9.66. The van der Waals surface area contributed by atoms with Crippen LogP contribution in [-0.2, 0) is 22.8 Å². The first kappa shape index (κ1) is 16.8. The molecule has 0 N–H and O–H groups in total. The van der Waals surface area contributed by atoms with Crippen molar-refractivity contribution in [2.24, 2.45) is 7.05 Å². The molecule has 5 nitrogen and oxygen atoms in total. The Kier molecular flexibility index (Phi) is 4.69. The molecule has 1 fully saturated rings. The molecular weight excluding hydrogens is 357 g/mol. The van der Waals surface area contributed by atoms with Crippen molar-refractivity contribution < 1.29 is 8.42 Å². The van der Waals surface area contributed by atoms with Crippen LogP contribution < -0.4 is 0 Å². The van der Waals surface area contributed by atoms with Crippen molar-refractivity contribution in [1.29, 1.82) is 0 Å². The van der Waals surface area contributed by atoms with Gasteiger partial charge in [0.05, 0.1) is 18.0 Å². The number of nitrogens with zero attached hydrogens (tertiary/aromatic N) is 3. The quantitative estimate of drug-likeness (QED) is 0.824. The maximum atomic E-state index is 12.9. The lowest BCUT2D eigenvalue weighted by Crippen LogP contribution is -2.31. The summed E-state index contributed by atoms with van der Waals surface area (Å²) in [6.07, 6.45) is 5.21. The lowest BCUT2D eigenvalue weighted by Gasteiger charge is -2.23. The highest BCUT2D eigenvalue weighted by Crippen LogP contribution is 2.36. The van der Waals surface area contributed by atoms with Gasteiger partial charge in [-0.05, 0) is 25.0 Å². The van der Waals surface area contributed by atoms with E-state index < -0.39 is 10.0 Å². The van der Waals surface area contributed by atoms with Gasteiger partial charge in [-0.3, -0.25) is 4.68 Å². The number of aryl methyl sites for hydroxylation is 1. The first-order valence-electron chi connectivity index (χ1n) is 7.29. The van der Waals surface area contributed by atoms with Crippen molar-refractivity contribution in [2.75, 3.05) is 6.54 Å². The fourth-order valence-electron chi connectivity index (χ4n) is 2.95. The molecule has 2 aromatic rings. The second kappa shape index (κ2) is 6.43. The molecule has 1 unspecified atom stereocenters. The van der Waals surface area contributed by atoms with E-state index in [0.717, 1.165) is 18.4 Å². The highest BCUT2D eigenvalue weighted by molar-refractivity contribution is 7.88. The Morgan fingerprint density at radius 3 is 2.61 bits per heavy atom. The zero-order chi connectivity index (χ0) is 16.6. The Morgan fingerprint density at radius 2 is 2.00 bits per heavy atom. The van der Waals surface area contributed by atoms with Gasteiger partial charge in [0.1, 0.15) is 0 Å². The molecule has 0 radical (unpaired) electrons. The van der Waals surface area contributed by atoms with Gasteiger partial charge in [-0.2, -0.15) is 9.40 Å². The summed E-state index contributed by atoms with van der Waals surface area (Å²) in [5.74, 6) is -0.192. The third-order valence-corrected chi connectivity index (χ3v) is 6.57. The summed E-state index contributed by atoms with van der Waals surface area (Å²) < 4.78 is 29.0. The number of halogens is 2. The van der Waals surface area contributed by atoms with Gasteiger partial charge in [-0.15, -0.1) is 0 Å². The van der Waals surface area contributed by atoms with Gasteiger partial charge < -0.3 is 0 Å². The minimum absolute atomic E-state index is 0.171. The molecule has 1 atom stereocenters. The van der Waals surface area contributed by atoms with Gasteiger partial charge in [0.15, 0.2) is 0 Å². The summed E-state index contributed by atoms with van der Waals surface area (Å²) in [6.45, 7) is 0.504. The van der Waals surface area contributed by atoms with Crippen molar-refractivity contribution in [2.45, 2.75) is 24.6 Å². The summed E-state index contributed by atoms with van der Waals surface area (Å²) in [6, 6.07) is 4.84. The van der Waals surface area contributed by atoms with Crippen molar-refractivity contribution in [3.63, 3.8) is 0 Å². The molecule has 0 aliphatic carbocycles. The molecule has 0 bridgehead atoms. The Balaban J connectivity index is 1.89. The standard InChI is InChI=1S/C15H17Cl2N3O2S/c1-19-9-11(8-18-19)15-6-3-7-20(15)23(21,22)10-12-13(16)4-2-5-14(12)17/h2,4-5,8-9,15H,3,6-7,10H2,1H3. The molecule has 8 heteroatoms. The van der Waals surface area contributed by atoms with Crippen molar-refractivity contribution >= 4 is 33.2 Å². The molecule has 0 saturated carbocycles. The maximum absolute atomic E-state index is 12.9. The van der Waals surface area contributed by atoms with Crippen LogP contribution in [0.5, 0.6) is 0 Å². The molecule has 0 amide bonds. The Hall–Kier alpha value is -1.08. The van der Waals surface area contributed by atoms with Crippen LogP contribution in [0.3, 0.4) is 0 Å². The van der Waals surface area contributed by atoms with Gasteiger partial charge >= 0.3 is 0 Å². The molecule has 1 saturated heterocycles. The topological polar surface area (TPSA) is 55.2 Å². The van der Waals surface area contributed by atoms with Gasteiger partial charge in [0.2, 0.25) is 10.0 Å². The van der Waals surface area contributed by atoms with Crippen molar-refractivity contribution in [3.05, 3.63) is 51.8 Å². The molecule has 124 valence electrons. The average molecular weight is 374 g/mol. The average Bonchev–Trinajstić information content (AvgIpc) is 3.11.